The first-order chi connectivity index (χ1) is 12.7. The van der Waals surface area contributed by atoms with E-state index >= 15 is 0 Å². The summed E-state index contributed by atoms with van der Waals surface area (Å²) < 4.78 is 5.79. The van der Waals surface area contributed by atoms with Crippen LogP contribution in [0.4, 0.5) is 0 Å². The fourth-order valence-corrected chi connectivity index (χ4v) is 3.86. The first-order valence-corrected chi connectivity index (χ1v) is 10.9. The Hall–Kier alpha value is -1.63. The summed E-state index contributed by atoms with van der Waals surface area (Å²) >= 11 is 9.49. The molecular weight excluding hydrogens is 388 g/mol. The van der Waals surface area contributed by atoms with E-state index in [4.69, 9.17) is 16.3 Å². The Labute approximate surface area is 166 Å². The van der Waals surface area contributed by atoms with Crippen molar-refractivity contribution in [3.8, 4) is 5.75 Å². The quantitative estimate of drug-likeness (QED) is 0.526. The van der Waals surface area contributed by atoms with Crippen LogP contribution in [-0.4, -0.2) is 35.5 Å². The predicted octanol–water partition coefficient (Wildman–Crippen LogP) is 4.22. The van der Waals surface area contributed by atoms with Gasteiger partial charge in [-0.25, -0.2) is 5.43 Å². The summed E-state index contributed by atoms with van der Waals surface area (Å²) in [4.78, 5) is 11.8. The fraction of sp³-hybridized carbons (Fsp3) is 0.263. The molecule has 1 amide bonds. The third-order valence-electron chi connectivity index (χ3n) is 3.64. The molecule has 0 aromatic heterocycles. The van der Waals surface area contributed by atoms with Gasteiger partial charge in [0.1, 0.15) is 11.9 Å². The number of rotatable bonds is 8. The number of nitrogens with zero attached hydrogens (tertiary/aromatic N) is 1. The van der Waals surface area contributed by atoms with Crippen LogP contribution in [0.15, 0.2) is 53.6 Å². The summed E-state index contributed by atoms with van der Waals surface area (Å²) in [7, 11) is 0. The molecule has 136 valence electrons. The summed E-state index contributed by atoms with van der Waals surface area (Å²) in [5, 5.41) is 4.72. The van der Waals surface area contributed by atoms with Crippen LogP contribution in [-0.2, 0) is 10.5 Å². The van der Waals surface area contributed by atoms with Crippen molar-refractivity contribution in [3.05, 3.63) is 64.7 Å². The second-order valence-corrected chi connectivity index (χ2v) is 8.19. The van der Waals surface area contributed by atoms with E-state index in [1.54, 1.807) is 6.21 Å². The van der Waals surface area contributed by atoms with Gasteiger partial charge in [0, 0.05) is 22.3 Å². The van der Waals surface area contributed by atoms with Gasteiger partial charge < -0.3 is 4.74 Å². The molecule has 0 spiro atoms. The number of hydrogen-bond donors (Lipinski definition) is 1. The average Bonchev–Trinajstić information content (AvgIpc) is 2.61. The van der Waals surface area contributed by atoms with Gasteiger partial charge in [-0.2, -0.15) is 16.9 Å². The summed E-state index contributed by atoms with van der Waals surface area (Å²) in [5.41, 5.74) is 4.47. The second-order valence-electron chi connectivity index (χ2n) is 5.72. The van der Waals surface area contributed by atoms with Gasteiger partial charge in [0.15, 0.2) is 0 Å². The maximum absolute atomic E-state index is 11.8. The van der Waals surface area contributed by atoms with Gasteiger partial charge in [-0.15, -0.1) is 11.8 Å². The Bertz CT molecular complexity index is 764. The van der Waals surface area contributed by atoms with Crippen molar-refractivity contribution in [3.63, 3.8) is 0 Å². The lowest BCUT2D eigenvalue weighted by molar-refractivity contribution is -0.118. The van der Waals surface area contributed by atoms with E-state index in [1.807, 2.05) is 60.3 Å². The molecule has 1 heterocycles. The van der Waals surface area contributed by atoms with Crippen molar-refractivity contribution in [2.45, 2.75) is 11.9 Å². The molecule has 2 aromatic carbocycles. The van der Waals surface area contributed by atoms with E-state index in [-0.39, 0.29) is 5.91 Å². The zero-order valence-electron chi connectivity index (χ0n) is 14.1. The lowest BCUT2D eigenvalue weighted by Gasteiger charge is -2.25. The molecule has 26 heavy (non-hydrogen) atoms. The molecule has 0 unspecified atom stereocenters. The van der Waals surface area contributed by atoms with Gasteiger partial charge in [0.05, 0.1) is 12.0 Å². The highest BCUT2D eigenvalue weighted by atomic mass is 35.5. The number of benzene rings is 2. The largest absolute Gasteiger partial charge is 0.489 e. The van der Waals surface area contributed by atoms with Crippen molar-refractivity contribution >= 4 is 47.2 Å². The number of halogens is 1. The van der Waals surface area contributed by atoms with Crippen LogP contribution in [0.1, 0.15) is 11.1 Å². The molecule has 4 nitrogen and oxygen atoms in total. The molecule has 0 aliphatic carbocycles. The third kappa shape index (κ3) is 5.97. The standard InChI is InChI=1S/C19H19ClN2O2S2/c20-18-4-2-1-3-15(18)10-25-13-19(23)22-21-9-14-5-7-16(8-6-14)24-17-11-26-12-17/h1-9,17H,10-13H2,(H,22,23)/b21-9-. The second kappa shape index (κ2) is 9.90. The van der Waals surface area contributed by atoms with E-state index in [0.717, 1.165) is 33.4 Å². The third-order valence-corrected chi connectivity index (χ3v) is 6.21. The van der Waals surface area contributed by atoms with Gasteiger partial charge >= 0.3 is 0 Å². The number of nitrogens with one attached hydrogen (secondary N) is 1. The molecule has 0 radical (unpaired) electrons. The minimum absolute atomic E-state index is 0.138. The molecule has 0 atom stereocenters. The SMILES string of the molecule is O=C(CSCc1ccccc1Cl)N/N=C\c1ccc(OC2CSC2)cc1. The molecule has 3 rings (SSSR count). The lowest BCUT2D eigenvalue weighted by Crippen LogP contribution is -2.30. The number of hydrazone groups is 1. The van der Waals surface area contributed by atoms with E-state index < -0.39 is 0 Å². The van der Waals surface area contributed by atoms with E-state index in [2.05, 4.69) is 10.5 Å². The number of carbonyl (C=O) groups excluding carboxylic acids is 1. The van der Waals surface area contributed by atoms with Gasteiger partial charge in [0.2, 0.25) is 5.91 Å². The van der Waals surface area contributed by atoms with Gasteiger partial charge in [-0.05, 0) is 41.5 Å². The summed E-state index contributed by atoms with van der Waals surface area (Å²) in [6, 6.07) is 15.3. The van der Waals surface area contributed by atoms with Crippen molar-refractivity contribution in [2.75, 3.05) is 17.3 Å². The van der Waals surface area contributed by atoms with Crippen molar-refractivity contribution < 1.29 is 9.53 Å². The summed E-state index contributed by atoms with van der Waals surface area (Å²) in [5.74, 6) is 3.87. The van der Waals surface area contributed by atoms with Gasteiger partial charge in [0.25, 0.3) is 0 Å². The van der Waals surface area contributed by atoms with E-state index in [9.17, 15) is 4.79 Å². The number of ether oxygens (including phenoxy) is 1. The van der Waals surface area contributed by atoms with Crippen LogP contribution < -0.4 is 10.2 Å². The molecule has 1 aliphatic heterocycles. The minimum Gasteiger partial charge on any atom is -0.489 e. The van der Waals surface area contributed by atoms with Crippen LogP contribution in [0.25, 0.3) is 0 Å². The first kappa shape index (κ1) is 19.1. The van der Waals surface area contributed by atoms with Crippen LogP contribution in [0, 0.1) is 0 Å². The highest BCUT2D eigenvalue weighted by molar-refractivity contribution is 8.00. The van der Waals surface area contributed by atoms with Gasteiger partial charge in [-0.3, -0.25) is 4.79 Å². The van der Waals surface area contributed by atoms with Crippen LogP contribution in [0.2, 0.25) is 5.02 Å². The van der Waals surface area contributed by atoms with E-state index in [1.165, 1.54) is 11.8 Å². The average molecular weight is 407 g/mol. The van der Waals surface area contributed by atoms with Crippen molar-refractivity contribution in [1.82, 2.24) is 5.43 Å². The van der Waals surface area contributed by atoms with Crippen molar-refractivity contribution in [1.29, 1.82) is 0 Å². The number of carbonyl (C=O) groups is 1. The van der Waals surface area contributed by atoms with Gasteiger partial charge in [-0.1, -0.05) is 29.8 Å². The van der Waals surface area contributed by atoms with Crippen LogP contribution in [0.5, 0.6) is 5.75 Å². The van der Waals surface area contributed by atoms with Crippen LogP contribution in [0.3, 0.4) is 0 Å². The Morgan fingerprint density at radius 1 is 1.27 bits per heavy atom. The zero-order chi connectivity index (χ0) is 18.2. The Morgan fingerprint density at radius 2 is 2.04 bits per heavy atom. The van der Waals surface area contributed by atoms with Crippen LogP contribution >= 0.6 is 35.1 Å². The topological polar surface area (TPSA) is 50.7 Å². The molecule has 1 N–H and O–H groups in total. The molecule has 1 aliphatic rings. The predicted molar refractivity (Wildman–Crippen MR) is 112 cm³/mol. The minimum atomic E-state index is -0.138. The maximum Gasteiger partial charge on any atom is 0.250 e. The Balaban J connectivity index is 1.37. The first-order valence-electron chi connectivity index (χ1n) is 8.18. The number of thioether (sulfide) groups is 2. The number of hydrogen-bond acceptors (Lipinski definition) is 5. The normalized spacial score (nSPS) is 14.2. The molecule has 2 aromatic rings. The monoisotopic (exact) mass is 406 g/mol. The molecule has 0 saturated carbocycles. The highest BCUT2D eigenvalue weighted by Crippen LogP contribution is 2.24. The smallest absolute Gasteiger partial charge is 0.250 e. The summed E-state index contributed by atoms with van der Waals surface area (Å²) in [6.45, 7) is 0. The Morgan fingerprint density at radius 3 is 2.73 bits per heavy atom. The maximum atomic E-state index is 11.8. The molecular formula is C19H19ClN2O2S2. The fourth-order valence-electron chi connectivity index (χ4n) is 2.19. The molecule has 1 saturated heterocycles. The zero-order valence-corrected chi connectivity index (χ0v) is 16.4. The Kier molecular flexibility index (Phi) is 7.29. The molecule has 0 bridgehead atoms. The van der Waals surface area contributed by atoms with Crippen molar-refractivity contribution in [2.24, 2.45) is 5.10 Å². The highest BCUT2D eigenvalue weighted by Gasteiger charge is 2.19. The molecule has 1 fully saturated rings. The number of amides is 1. The summed E-state index contributed by atoms with van der Waals surface area (Å²) in [6.07, 6.45) is 1.96. The lowest BCUT2D eigenvalue weighted by atomic mass is 10.2. The van der Waals surface area contributed by atoms with E-state index in [0.29, 0.717) is 17.6 Å². The molecule has 7 heteroatoms.